The summed E-state index contributed by atoms with van der Waals surface area (Å²) < 4.78 is 14.7. The maximum atomic E-state index is 13.1. The molecule has 3 heterocycles. The average molecular weight is 358 g/mol. The zero-order valence-corrected chi connectivity index (χ0v) is 14.2. The number of hydrogen-bond donors (Lipinski definition) is 1. The van der Waals surface area contributed by atoms with E-state index in [1.165, 1.54) is 6.07 Å². The Morgan fingerprint density at radius 2 is 2.04 bits per heavy atom. The topological polar surface area (TPSA) is 93.0 Å². The van der Waals surface area contributed by atoms with Crippen molar-refractivity contribution >= 4 is 11.9 Å². The first kappa shape index (κ1) is 16.6. The van der Waals surface area contributed by atoms with Gasteiger partial charge in [0.15, 0.2) is 5.82 Å². The number of carbonyl (C=O) groups is 1. The van der Waals surface area contributed by atoms with Crippen molar-refractivity contribution in [2.24, 2.45) is 5.92 Å². The molecule has 1 N–H and O–H groups in total. The molecule has 1 amide bonds. The van der Waals surface area contributed by atoms with Gasteiger partial charge in [0.1, 0.15) is 5.82 Å². The van der Waals surface area contributed by atoms with Gasteiger partial charge in [-0.05, 0) is 19.3 Å². The third-order valence-corrected chi connectivity index (χ3v) is 4.56. The van der Waals surface area contributed by atoms with Crippen LogP contribution in [0.5, 0.6) is 0 Å². The zero-order chi connectivity index (χ0) is 18.1. The van der Waals surface area contributed by atoms with Crippen molar-refractivity contribution in [1.82, 2.24) is 24.8 Å². The van der Waals surface area contributed by atoms with Gasteiger partial charge in [0.05, 0.1) is 31.2 Å². The van der Waals surface area contributed by atoms with Gasteiger partial charge < -0.3 is 10.2 Å². The van der Waals surface area contributed by atoms with E-state index in [1.807, 2.05) is 4.90 Å². The van der Waals surface area contributed by atoms with Crippen LogP contribution >= 0.6 is 0 Å². The maximum Gasteiger partial charge on any atom is 0.253 e. The lowest BCUT2D eigenvalue weighted by atomic mass is 10.3. The number of fused-ring (bicyclic) bond motifs is 1. The maximum absolute atomic E-state index is 13.1. The van der Waals surface area contributed by atoms with E-state index in [-0.39, 0.29) is 23.9 Å². The van der Waals surface area contributed by atoms with Gasteiger partial charge in [-0.1, -0.05) is 0 Å². The molecule has 0 unspecified atom stereocenters. The Labute approximate surface area is 149 Å². The van der Waals surface area contributed by atoms with Crippen LogP contribution in [0.25, 0.3) is 0 Å². The highest BCUT2D eigenvalue weighted by molar-refractivity contribution is 5.80. The number of hydrogen-bond acceptors (Lipinski definition) is 6. The molecule has 4 rings (SSSR count). The fraction of sp³-hybridized carbons (Fsp3) is 0.471. The van der Waals surface area contributed by atoms with Crippen LogP contribution in [0.3, 0.4) is 0 Å². The van der Waals surface area contributed by atoms with Crippen LogP contribution in [-0.4, -0.2) is 32.0 Å². The van der Waals surface area contributed by atoms with Crippen molar-refractivity contribution < 1.29 is 9.18 Å². The van der Waals surface area contributed by atoms with Crippen LogP contribution in [0, 0.1) is 11.7 Å². The summed E-state index contributed by atoms with van der Waals surface area (Å²) in [6, 6.07) is 1.47. The third kappa shape index (κ3) is 3.56. The fourth-order valence-electron chi connectivity index (χ4n) is 3.03. The van der Waals surface area contributed by atoms with E-state index in [0.29, 0.717) is 37.1 Å². The standard InChI is InChI=1S/C17H19FN6O2/c18-12-7-20-17(21-8-12)23-4-1-5-24-14(10-23)22-13(6-15(24)25)9-19-16(26)11-2-3-11/h6-8,11H,1-5,9-10H2,(H,19,26). The molecule has 0 aromatic carbocycles. The van der Waals surface area contributed by atoms with Crippen LogP contribution in [0.1, 0.15) is 30.8 Å². The first-order valence-electron chi connectivity index (χ1n) is 8.70. The van der Waals surface area contributed by atoms with Crippen molar-refractivity contribution in [3.05, 3.63) is 46.1 Å². The molecule has 2 aromatic rings. The van der Waals surface area contributed by atoms with E-state index in [1.54, 1.807) is 4.57 Å². The quantitative estimate of drug-likeness (QED) is 0.861. The van der Waals surface area contributed by atoms with E-state index < -0.39 is 5.82 Å². The summed E-state index contributed by atoms with van der Waals surface area (Å²) in [7, 11) is 0. The molecule has 0 spiro atoms. The minimum absolute atomic E-state index is 0.0168. The number of halogens is 1. The van der Waals surface area contributed by atoms with Crippen molar-refractivity contribution in [2.45, 2.75) is 38.9 Å². The number of nitrogens with zero attached hydrogens (tertiary/aromatic N) is 5. The number of anilines is 1. The zero-order valence-electron chi connectivity index (χ0n) is 14.2. The number of carbonyl (C=O) groups excluding carboxylic acids is 1. The molecule has 2 aliphatic rings. The highest BCUT2D eigenvalue weighted by Gasteiger charge is 2.29. The first-order valence-corrected chi connectivity index (χ1v) is 8.70. The van der Waals surface area contributed by atoms with Crippen LogP contribution in [0.2, 0.25) is 0 Å². The molecule has 0 bridgehead atoms. The number of nitrogens with one attached hydrogen (secondary N) is 1. The smallest absolute Gasteiger partial charge is 0.253 e. The number of rotatable bonds is 4. The van der Waals surface area contributed by atoms with Gasteiger partial charge in [-0.3, -0.25) is 14.2 Å². The largest absolute Gasteiger partial charge is 0.350 e. The molecule has 1 fully saturated rings. The van der Waals surface area contributed by atoms with Crippen LogP contribution in [0.4, 0.5) is 10.3 Å². The SMILES string of the molecule is O=C(NCc1cc(=O)n2c(n1)CN(c1ncc(F)cn1)CCC2)C1CC1. The third-order valence-electron chi connectivity index (χ3n) is 4.56. The van der Waals surface area contributed by atoms with E-state index in [0.717, 1.165) is 31.7 Å². The first-order chi connectivity index (χ1) is 12.6. The van der Waals surface area contributed by atoms with Gasteiger partial charge in [-0.25, -0.2) is 19.3 Å². The minimum atomic E-state index is -0.494. The van der Waals surface area contributed by atoms with Crippen LogP contribution in [-0.2, 0) is 24.4 Å². The molecule has 1 aliphatic carbocycles. The molecular formula is C17H19FN6O2. The normalized spacial score (nSPS) is 16.7. The Morgan fingerprint density at radius 3 is 2.77 bits per heavy atom. The summed E-state index contributed by atoms with van der Waals surface area (Å²) in [5, 5.41) is 2.83. The van der Waals surface area contributed by atoms with E-state index in [9.17, 15) is 14.0 Å². The molecule has 26 heavy (non-hydrogen) atoms. The summed E-state index contributed by atoms with van der Waals surface area (Å²) in [5.41, 5.74) is 0.407. The van der Waals surface area contributed by atoms with Crippen molar-refractivity contribution in [3.63, 3.8) is 0 Å². The molecule has 1 saturated carbocycles. The second kappa shape index (κ2) is 6.81. The van der Waals surface area contributed by atoms with Gasteiger partial charge in [-0.15, -0.1) is 0 Å². The van der Waals surface area contributed by atoms with Gasteiger partial charge in [-0.2, -0.15) is 0 Å². The lowest BCUT2D eigenvalue weighted by molar-refractivity contribution is -0.122. The predicted molar refractivity (Wildman–Crippen MR) is 90.7 cm³/mol. The molecule has 9 heteroatoms. The second-order valence-electron chi connectivity index (χ2n) is 6.62. The molecule has 8 nitrogen and oxygen atoms in total. The summed E-state index contributed by atoms with van der Waals surface area (Å²) in [6.45, 7) is 1.78. The lowest BCUT2D eigenvalue weighted by Crippen LogP contribution is -2.30. The summed E-state index contributed by atoms with van der Waals surface area (Å²) in [4.78, 5) is 38.7. The average Bonchev–Trinajstić information content (AvgIpc) is 3.47. The summed E-state index contributed by atoms with van der Waals surface area (Å²) >= 11 is 0. The van der Waals surface area contributed by atoms with Crippen molar-refractivity contribution in [1.29, 1.82) is 0 Å². The Bertz CT molecular complexity index is 878. The second-order valence-corrected chi connectivity index (χ2v) is 6.62. The van der Waals surface area contributed by atoms with Gasteiger partial charge in [0, 0.05) is 25.1 Å². The minimum Gasteiger partial charge on any atom is -0.350 e. The molecule has 0 saturated heterocycles. The van der Waals surface area contributed by atoms with Crippen molar-refractivity contribution in [3.8, 4) is 0 Å². The van der Waals surface area contributed by atoms with Gasteiger partial charge in [0.2, 0.25) is 11.9 Å². The lowest BCUT2D eigenvalue weighted by Gasteiger charge is -2.19. The highest BCUT2D eigenvalue weighted by atomic mass is 19.1. The Kier molecular flexibility index (Phi) is 4.36. The van der Waals surface area contributed by atoms with E-state index in [4.69, 9.17) is 0 Å². The Morgan fingerprint density at radius 1 is 1.27 bits per heavy atom. The number of amides is 1. The molecular weight excluding hydrogens is 339 g/mol. The molecule has 2 aromatic heterocycles. The highest BCUT2D eigenvalue weighted by Crippen LogP contribution is 2.28. The van der Waals surface area contributed by atoms with E-state index >= 15 is 0 Å². The summed E-state index contributed by atoms with van der Waals surface area (Å²) in [5.74, 6) is 0.637. The van der Waals surface area contributed by atoms with Crippen LogP contribution in [0.15, 0.2) is 23.3 Å². The number of aromatic nitrogens is 4. The Balaban J connectivity index is 1.55. The molecule has 136 valence electrons. The van der Waals surface area contributed by atoms with Crippen molar-refractivity contribution in [2.75, 3.05) is 11.4 Å². The monoisotopic (exact) mass is 358 g/mol. The molecule has 0 atom stereocenters. The molecule has 0 radical (unpaired) electrons. The van der Waals surface area contributed by atoms with Gasteiger partial charge >= 0.3 is 0 Å². The molecule has 1 aliphatic heterocycles. The van der Waals surface area contributed by atoms with E-state index in [2.05, 4.69) is 20.3 Å². The Hall–Kier alpha value is -2.84. The predicted octanol–water partition coefficient (Wildman–Crippen LogP) is 0.609. The fourth-order valence-corrected chi connectivity index (χ4v) is 3.03. The van der Waals surface area contributed by atoms with Gasteiger partial charge in [0.25, 0.3) is 5.56 Å². The summed E-state index contributed by atoms with van der Waals surface area (Å²) in [6.07, 6.45) is 4.83. The van der Waals surface area contributed by atoms with Crippen LogP contribution < -0.4 is 15.8 Å².